The Bertz CT molecular complexity index is 172. The topological polar surface area (TPSA) is 38.8 Å². The predicted octanol–water partition coefficient (Wildman–Crippen LogP) is 0.270. The van der Waals surface area contributed by atoms with Crippen LogP contribution in [0.4, 0.5) is 0 Å². The number of rotatable bonds is 3. The van der Waals surface area contributed by atoms with Gasteiger partial charge in [-0.15, -0.1) is 0 Å². The first-order chi connectivity index (χ1) is 6.27. The Labute approximate surface area is 78.8 Å². The van der Waals surface area contributed by atoms with Crippen LogP contribution in [-0.2, 0) is 14.3 Å². The first-order valence-electron chi connectivity index (χ1n) is 4.66. The first-order valence-corrected chi connectivity index (χ1v) is 4.66. The van der Waals surface area contributed by atoms with E-state index in [-0.39, 0.29) is 12.0 Å². The monoisotopic (exact) mass is 187 g/mol. The third-order valence-electron chi connectivity index (χ3n) is 2.39. The van der Waals surface area contributed by atoms with E-state index in [0.717, 1.165) is 19.7 Å². The SMILES string of the molecule is CCN1CCOCC1CC(=O)OC. The van der Waals surface area contributed by atoms with E-state index in [0.29, 0.717) is 13.0 Å². The molecular weight excluding hydrogens is 170 g/mol. The molecule has 0 aromatic carbocycles. The molecule has 13 heavy (non-hydrogen) atoms. The Balaban J connectivity index is 2.40. The summed E-state index contributed by atoms with van der Waals surface area (Å²) >= 11 is 0. The number of hydrogen-bond acceptors (Lipinski definition) is 4. The molecule has 1 saturated heterocycles. The average Bonchev–Trinajstić information content (AvgIpc) is 2.18. The van der Waals surface area contributed by atoms with Crippen LogP contribution in [0.15, 0.2) is 0 Å². The third kappa shape index (κ3) is 2.97. The molecule has 1 unspecified atom stereocenters. The lowest BCUT2D eigenvalue weighted by Gasteiger charge is -2.33. The summed E-state index contributed by atoms with van der Waals surface area (Å²) in [6, 6.07) is 0.200. The second-order valence-electron chi connectivity index (χ2n) is 3.14. The van der Waals surface area contributed by atoms with Gasteiger partial charge in [0.05, 0.1) is 26.7 Å². The van der Waals surface area contributed by atoms with Gasteiger partial charge < -0.3 is 9.47 Å². The number of esters is 1. The maximum atomic E-state index is 11.0. The number of carbonyl (C=O) groups excluding carboxylic acids is 1. The summed E-state index contributed by atoms with van der Waals surface area (Å²) in [6.45, 7) is 5.38. The van der Waals surface area contributed by atoms with E-state index in [2.05, 4.69) is 16.6 Å². The van der Waals surface area contributed by atoms with E-state index in [1.165, 1.54) is 7.11 Å². The standard InChI is InChI=1S/C9H17NO3/c1-3-10-4-5-13-7-8(10)6-9(11)12-2/h8H,3-7H2,1-2H3. The van der Waals surface area contributed by atoms with Crippen LogP contribution in [0.3, 0.4) is 0 Å². The molecule has 0 N–H and O–H groups in total. The Kier molecular flexibility index (Phi) is 4.18. The van der Waals surface area contributed by atoms with Crippen molar-refractivity contribution in [3.63, 3.8) is 0 Å². The summed E-state index contributed by atoms with van der Waals surface area (Å²) in [5.74, 6) is -0.158. The fourth-order valence-corrected chi connectivity index (χ4v) is 1.57. The molecule has 0 aromatic heterocycles. The van der Waals surface area contributed by atoms with Crippen LogP contribution in [-0.4, -0.2) is 50.3 Å². The average molecular weight is 187 g/mol. The van der Waals surface area contributed by atoms with Crippen molar-refractivity contribution in [1.82, 2.24) is 4.90 Å². The predicted molar refractivity (Wildman–Crippen MR) is 48.5 cm³/mol. The summed E-state index contributed by atoms with van der Waals surface area (Å²) in [6.07, 6.45) is 0.435. The van der Waals surface area contributed by atoms with Crippen LogP contribution < -0.4 is 0 Å². The summed E-state index contributed by atoms with van der Waals surface area (Å²) in [4.78, 5) is 13.3. The van der Waals surface area contributed by atoms with Gasteiger partial charge in [-0.05, 0) is 6.54 Å². The molecule has 1 fully saturated rings. The van der Waals surface area contributed by atoms with Crippen LogP contribution in [0.1, 0.15) is 13.3 Å². The van der Waals surface area contributed by atoms with E-state index in [1.807, 2.05) is 0 Å². The summed E-state index contributed by atoms with van der Waals surface area (Å²) in [5.41, 5.74) is 0. The zero-order chi connectivity index (χ0) is 9.68. The molecule has 4 nitrogen and oxygen atoms in total. The number of morpholine rings is 1. The minimum atomic E-state index is -0.158. The van der Waals surface area contributed by atoms with Crippen molar-refractivity contribution >= 4 is 5.97 Å². The lowest BCUT2D eigenvalue weighted by Crippen LogP contribution is -2.46. The summed E-state index contributed by atoms with van der Waals surface area (Å²) < 4.78 is 9.93. The first kappa shape index (κ1) is 10.5. The van der Waals surface area contributed by atoms with Crippen LogP contribution in [0.25, 0.3) is 0 Å². The highest BCUT2D eigenvalue weighted by atomic mass is 16.5. The normalized spacial score (nSPS) is 24.3. The smallest absolute Gasteiger partial charge is 0.307 e. The lowest BCUT2D eigenvalue weighted by molar-refractivity contribution is -0.143. The van der Waals surface area contributed by atoms with Crippen LogP contribution >= 0.6 is 0 Å². The van der Waals surface area contributed by atoms with Crippen molar-refractivity contribution in [2.45, 2.75) is 19.4 Å². The number of likely N-dealkylation sites (N-methyl/N-ethyl adjacent to an activating group) is 1. The van der Waals surface area contributed by atoms with E-state index in [1.54, 1.807) is 0 Å². The van der Waals surface area contributed by atoms with Gasteiger partial charge in [-0.3, -0.25) is 9.69 Å². The molecule has 4 heteroatoms. The van der Waals surface area contributed by atoms with Gasteiger partial charge in [0.15, 0.2) is 0 Å². The van der Waals surface area contributed by atoms with Gasteiger partial charge >= 0.3 is 5.97 Å². The van der Waals surface area contributed by atoms with Crippen molar-refractivity contribution < 1.29 is 14.3 Å². The van der Waals surface area contributed by atoms with Crippen molar-refractivity contribution in [2.75, 3.05) is 33.4 Å². The third-order valence-corrected chi connectivity index (χ3v) is 2.39. The Hall–Kier alpha value is -0.610. The molecule has 0 saturated carbocycles. The van der Waals surface area contributed by atoms with Gasteiger partial charge in [0.1, 0.15) is 0 Å². The van der Waals surface area contributed by atoms with Crippen molar-refractivity contribution in [3.05, 3.63) is 0 Å². The molecule has 0 aromatic rings. The molecule has 0 spiro atoms. The summed E-state index contributed by atoms with van der Waals surface area (Å²) in [7, 11) is 1.42. The number of hydrogen-bond donors (Lipinski definition) is 0. The van der Waals surface area contributed by atoms with Gasteiger partial charge in [0.2, 0.25) is 0 Å². The molecule has 0 radical (unpaired) electrons. The van der Waals surface area contributed by atoms with Gasteiger partial charge in [0, 0.05) is 12.6 Å². The number of methoxy groups -OCH3 is 1. The van der Waals surface area contributed by atoms with E-state index < -0.39 is 0 Å². The molecule has 0 amide bonds. The number of carbonyl (C=O) groups is 1. The second-order valence-corrected chi connectivity index (χ2v) is 3.14. The molecule has 76 valence electrons. The molecule has 0 bridgehead atoms. The molecular formula is C9H17NO3. The van der Waals surface area contributed by atoms with Crippen molar-refractivity contribution in [3.8, 4) is 0 Å². The molecule has 1 rings (SSSR count). The Morgan fingerprint density at radius 1 is 1.69 bits per heavy atom. The van der Waals surface area contributed by atoms with E-state index in [9.17, 15) is 4.79 Å². The lowest BCUT2D eigenvalue weighted by atomic mass is 10.1. The van der Waals surface area contributed by atoms with Gasteiger partial charge in [-0.1, -0.05) is 6.92 Å². The molecule has 1 aliphatic rings. The zero-order valence-electron chi connectivity index (χ0n) is 8.28. The quantitative estimate of drug-likeness (QED) is 0.594. The molecule has 1 atom stereocenters. The minimum absolute atomic E-state index is 0.158. The van der Waals surface area contributed by atoms with Crippen LogP contribution in [0.5, 0.6) is 0 Å². The van der Waals surface area contributed by atoms with Gasteiger partial charge in [-0.2, -0.15) is 0 Å². The fraction of sp³-hybridized carbons (Fsp3) is 0.889. The highest BCUT2D eigenvalue weighted by molar-refractivity contribution is 5.69. The largest absolute Gasteiger partial charge is 0.469 e. The Morgan fingerprint density at radius 2 is 2.46 bits per heavy atom. The molecule has 1 heterocycles. The second kappa shape index (κ2) is 5.19. The number of nitrogens with zero attached hydrogens (tertiary/aromatic N) is 1. The van der Waals surface area contributed by atoms with Crippen molar-refractivity contribution in [1.29, 1.82) is 0 Å². The number of ether oxygens (including phenoxy) is 2. The summed E-state index contributed by atoms with van der Waals surface area (Å²) in [5, 5.41) is 0. The highest BCUT2D eigenvalue weighted by Gasteiger charge is 2.24. The van der Waals surface area contributed by atoms with Crippen LogP contribution in [0, 0.1) is 0 Å². The van der Waals surface area contributed by atoms with Crippen LogP contribution in [0.2, 0.25) is 0 Å². The van der Waals surface area contributed by atoms with Crippen molar-refractivity contribution in [2.24, 2.45) is 0 Å². The highest BCUT2D eigenvalue weighted by Crippen LogP contribution is 2.10. The van der Waals surface area contributed by atoms with E-state index in [4.69, 9.17) is 4.74 Å². The maximum Gasteiger partial charge on any atom is 0.307 e. The van der Waals surface area contributed by atoms with Gasteiger partial charge in [0.25, 0.3) is 0 Å². The zero-order valence-corrected chi connectivity index (χ0v) is 8.28. The minimum Gasteiger partial charge on any atom is -0.469 e. The fourth-order valence-electron chi connectivity index (χ4n) is 1.57. The van der Waals surface area contributed by atoms with E-state index >= 15 is 0 Å². The van der Waals surface area contributed by atoms with Gasteiger partial charge in [-0.25, -0.2) is 0 Å². The molecule has 0 aliphatic carbocycles. The molecule has 1 aliphatic heterocycles. The maximum absolute atomic E-state index is 11.0. The Morgan fingerprint density at radius 3 is 3.08 bits per heavy atom.